The van der Waals surface area contributed by atoms with Crippen LogP contribution in [0.2, 0.25) is 0 Å². The van der Waals surface area contributed by atoms with Gasteiger partial charge in [0.25, 0.3) is 10.2 Å². The van der Waals surface area contributed by atoms with Gasteiger partial charge in [0, 0.05) is 33.3 Å². The van der Waals surface area contributed by atoms with Crippen LogP contribution in [0.5, 0.6) is 0 Å². The lowest BCUT2D eigenvalue weighted by molar-refractivity contribution is 0.184. The second-order valence-corrected chi connectivity index (χ2v) is 5.79. The van der Waals surface area contributed by atoms with Crippen molar-refractivity contribution in [2.75, 3.05) is 40.4 Å². The minimum absolute atomic E-state index is 0. The second kappa shape index (κ2) is 8.23. The molecule has 0 bridgehead atoms. The maximum atomic E-state index is 11.8. The van der Waals surface area contributed by atoms with Crippen LogP contribution in [-0.2, 0) is 14.9 Å². The van der Waals surface area contributed by atoms with E-state index in [0.29, 0.717) is 19.7 Å². The van der Waals surface area contributed by atoms with Crippen LogP contribution in [-0.4, -0.2) is 59.2 Å². The van der Waals surface area contributed by atoms with Gasteiger partial charge < -0.3 is 10.1 Å². The normalized spacial score (nSPS) is 21.2. The van der Waals surface area contributed by atoms with E-state index in [1.54, 1.807) is 14.2 Å². The topological polar surface area (TPSA) is 70.7 Å². The van der Waals surface area contributed by atoms with Crippen LogP contribution in [0, 0.1) is 0 Å². The van der Waals surface area contributed by atoms with Gasteiger partial charge in [-0.1, -0.05) is 0 Å². The number of halogens is 1. The van der Waals surface area contributed by atoms with Gasteiger partial charge in [0.1, 0.15) is 0 Å². The lowest BCUT2D eigenvalue weighted by atomic mass is 10.1. The number of nitrogens with zero attached hydrogens (tertiary/aromatic N) is 1. The van der Waals surface area contributed by atoms with Crippen LogP contribution in [0.3, 0.4) is 0 Å². The van der Waals surface area contributed by atoms with Crippen LogP contribution in [0.4, 0.5) is 0 Å². The molecule has 6 nitrogen and oxygen atoms in total. The number of methoxy groups -OCH3 is 1. The largest absolute Gasteiger partial charge is 0.383 e. The van der Waals surface area contributed by atoms with E-state index in [2.05, 4.69) is 10.0 Å². The number of ether oxygens (including phenoxy) is 1. The Hall–Kier alpha value is 0.0800. The van der Waals surface area contributed by atoms with Crippen molar-refractivity contribution in [3.05, 3.63) is 0 Å². The molecule has 17 heavy (non-hydrogen) atoms. The molecule has 0 aromatic carbocycles. The van der Waals surface area contributed by atoms with Crippen LogP contribution in [0.1, 0.15) is 12.8 Å². The number of likely N-dealkylation sites (N-methyl/N-ethyl adjacent to an activating group) is 1. The van der Waals surface area contributed by atoms with Crippen molar-refractivity contribution in [3.8, 4) is 0 Å². The minimum atomic E-state index is -3.37. The van der Waals surface area contributed by atoms with E-state index < -0.39 is 10.2 Å². The SMILES string of the molecule is COCCN(C)S(=O)(=O)NC1CCCNC1.Cl. The van der Waals surface area contributed by atoms with Crippen LogP contribution >= 0.6 is 12.4 Å². The molecule has 0 aromatic heterocycles. The zero-order chi connectivity index (χ0) is 12.0. The van der Waals surface area contributed by atoms with Crippen LogP contribution in [0.25, 0.3) is 0 Å². The summed E-state index contributed by atoms with van der Waals surface area (Å²) in [5.41, 5.74) is 0. The zero-order valence-corrected chi connectivity index (χ0v) is 11.9. The van der Waals surface area contributed by atoms with Crippen molar-refractivity contribution >= 4 is 22.6 Å². The van der Waals surface area contributed by atoms with E-state index in [1.165, 1.54) is 4.31 Å². The molecule has 1 rings (SSSR count). The Kier molecular flexibility index (Phi) is 8.27. The summed E-state index contributed by atoms with van der Waals surface area (Å²) in [7, 11) is -0.261. The van der Waals surface area contributed by atoms with E-state index in [9.17, 15) is 8.42 Å². The Morgan fingerprint density at radius 1 is 1.53 bits per heavy atom. The highest BCUT2D eigenvalue weighted by Gasteiger charge is 2.23. The third-order valence-corrected chi connectivity index (χ3v) is 4.27. The van der Waals surface area contributed by atoms with Crippen LogP contribution < -0.4 is 10.0 Å². The highest BCUT2D eigenvalue weighted by atomic mass is 35.5. The van der Waals surface area contributed by atoms with Crippen molar-refractivity contribution in [1.29, 1.82) is 0 Å². The molecule has 0 saturated carbocycles. The fourth-order valence-corrected chi connectivity index (χ4v) is 2.71. The molecular formula is C9H22ClN3O3S. The van der Waals surface area contributed by atoms with Crippen LogP contribution in [0.15, 0.2) is 0 Å². The summed E-state index contributed by atoms with van der Waals surface area (Å²) in [6, 6.07) is 0.00347. The van der Waals surface area contributed by atoms with E-state index in [0.717, 1.165) is 19.4 Å². The minimum Gasteiger partial charge on any atom is -0.383 e. The summed E-state index contributed by atoms with van der Waals surface area (Å²) < 4.78 is 32.5. The van der Waals surface area contributed by atoms with E-state index in [-0.39, 0.29) is 18.4 Å². The van der Waals surface area contributed by atoms with Crippen molar-refractivity contribution in [3.63, 3.8) is 0 Å². The average Bonchev–Trinajstić information content (AvgIpc) is 2.26. The summed E-state index contributed by atoms with van der Waals surface area (Å²) in [6.07, 6.45) is 1.90. The fourth-order valence-electron chi connectivity index (χ4n) is 1.59. The lowest BCUT2D eigenvalue weighted by Gasteiger charge is -2.26. The maximum Gasteiger partial charge on any atom is 0.279 e. The van der Waals surface area contributed by atoms with Crippen molar-refractivity contribution in [2.24, 2.45) is 0 Å². The van der Waals surface area contributed by atoms with Gasteiger partial charge in [-0.05, 0) is 19.4 Å². The molecule has 8 heteroatoms. The molecular weight excluding hydrogens is 266 g/mol. The molecule has 1 saturated heterocycles. The number of hydrogen-bond acceptors (Lipinski definition) is 4. The quantitative estimate of drug-likeness (QED) is 0.696. The van der Waals surface area contributed by atoms with Crippen molar-refractivity contribution in [1.82, 2.24) is 14.3 Å². The summed E-state index contributed by atoms with van der Waals surface area (Å²) in [5.74, 6) is 0. The molecule has 1 atom stereocenters. The van der Waals surface area contributed by atoms with Crippen molar-refractivity contribution < 1.29 is 13.2 Å². The maximum absolute atomic E-state index is 11.8. The average molecular weight is 288 g/mol. The van der Waals surface area contributed by atoms with Gasteiger partial charge >= 0.3 is 0 Å². The van der Waals surface area contributed by atoms with Gasteiger partial charge in [0.2, 0.25) is 0 Å². The molecule has 1 heterocycles. The summed E-state index contributed by atoms with van der Waals surface area (Å²) in [4.78, 5) is 0. The lowest BCUT2D eigenvalue weighted by Crippen LogP contribution is -2.50. The van der Waals surface area contributed by atoms with Gasteiger partial charge in [0.15, 0.2) is 0 Å². The Labute approximate surface area is 110 Å². The Morgan fingerprint density at radius 3 is 2.76 bits per heavy atom. The first-order valence-corrected chi connectivity index (χ1v) is 6.93. The van der Waals surface area contributed by atoms with Gasteiger partial charge in [-0.15, -0.1) is 12.4 Å². The molecule has 104 valence electrons. The summed E-state index contributed by atoms with van der Waals surface area (Å²) >= 11 is 0. The highest BCUT2D eigenvalue weighted by Crippen LogP contribution is 2.04. The molecule has 0 aliphatic carbocycles. The molecule has 1 fully saturated rings. The monoisotopic (exact) mass is 287 g/mol. The predicted octanol–water partition coefficient (Wildman–Crippen LogP) is -0.427. The highest BCUT2D eigenvalue weighted by molar-refractivity contribution is 7.87. The number of nitrogens with one attached hydrogen (secondary N) is 2. The zero-order valence-electron chi connectivity index (χ0n) is 10.3. The number of hydrogen-bond donors (Lipinski definition) is 2. The third-order valence-electron chi connectivity index (χ3n) is 2.63. The van der Waals surface area contributed by atoms with Gasteiger partial charge in [-0.25, -0.2) is 0 Å². The number of piperidine rings is 1. The molecule has 1 aliphatic heterocycles. The molecule has 0 aromatic rings. The molecule has 0 spiro atoms. The Bertz CT molecular complexity index is 294. The predicted molar refractivity (Wildman–Crippen MR) is 69.7 cm³/mol. The van der Waals surface area contributed by atoms with Gasteiger partial charge in [0.05, 0.1) is 6.61 Å². The second-order valence-electron chi connectivity index (χ2n) is 3.98. The molecule has 1 aliphatic rings. The Balaban J connectivity index is 0.00000256. The van der Waals surface area contributed by atoms with Gasteiger partial charge in [-0.3, -0.25) is 0 Å². The first kappa shape index (κ1) is 17.1. The summed E-state index contributed by atoms with van der Waals surface area (Å²) in [5, 5.41) is 3.17. The smallest absolute Gasteiger partial charge is 0.279 e. The fraction of sp³-hybridized carbons (Fsp3) is 1.00. The van der Waals surface area contributed by atoms with E-state index in [4.69, 9.17) is 4.74 Å². The molecule has 0 amide bonds. The summed E-state index contributed by atoms with van der Waals surface area (Å²) in [6.45, 7) is 2.45. The number of rotatable bonds is 6. The van der Waals surface area contributed by atoms with Gasteiger partial charge in [-0.2, -0.15) is 17.4 Å². The standard InChI is InChI=1S/C9H21N3O3S.ClH/c1-12(6-7-15-2)16(13,14)11-9-4-3-5-10-8-9;/h9-11H,3-8H2,1-2H3;1H. The van der Waals surface area contributed by atoms with E-state index >= 15 is 0 Å². The molecule has 2 N–H and O–H groups in total. The first-order chi connectivity index (χ1) is 7.56. The van der Waals surface area contributed by atoms with Crippen molar-refractivity contribution in [2.45, 2.75) is 18.9 Å². The Morgan fingerprint density at radius 2 is 2.24 bits per heavy atom. The molecule has 1 unspecified atom stereocenters. The van der Waals surface area contributed by atoms with E-state index in [1.807, 2.05) is 0 Å². The third kappa shape index (κ3) is 5.98. The molecule has 0 radical (unpaired) electrons. The first-order valence-electron chi connectivity index (χ1n) is 5.49.